The van der Waals surface area contributed by atoms with Crippen molar-refractivity contribution in [3.8, 4) is 0 Å². The Balaban J connectivity index is 2.23. The maximum atomic E-state index is 9.48. The molecular weight excluding hydrogens is 264 g/mol. The lowest BCUT2D eigenvalue weighted by molar-refractivity contribution is 0.222. The molecule has 0 aromatic carbocycles. The van der Waals surface area contributed by atoms with E-state index in [2.05, 4.69) is 36.4 Å². The molecule has 0 spiro atoms. The monoisotopic (exact) mass is 292 g/mol. The van der Waals surface area contributed by atoms with Crippen LogP contribution in [-0.2, 0) is 6.42 Å². The minimum Gasteiger partial charge on any atom is -0.396 e. The van der Waals surface area contributed by atoms with E-state index in [1.807, 2.05) is 0 Å². The summed E-state index contributed by atoms with van der Waals surface area (Å²) in [6, 6.07) is 0.326. The summed E-state index contributed by atoms with van der Waals surface area (Å²) < 4.78 is 0. The Labute approximate surface area is 127 Å². The Morgan fingerprint density at radius 3 is 2.62 bits per heavy atom. The van der Waals surface area contributed by atoms with Crippen molar-refractivity contribution in [2.24, 2.45) is 5.92 Å². The second kappa shape index (κ2) is 7.59. The predicted molar refractivity (Wildman–Crippen MR) is 86.8 cm³/mol. The molecule has 0 radical (unpaired) electrons. The van der Waals surface area contributed by atoms with Gasteiger partial charge in [-0.1, -0.05) is 13.3 Å². The van der Waals surface area contributed by atoms with E-state index < -0.39 is 0 Å². The number of anilines is 2. The van der Waals surface area contributed by atoms with Crippen LogP contribution in [0.5, 0.6) is 0 Å². The molecule has 118 valence electrons. The summed E-state index contributed by atoms with van der Waals surface area (Å²) in [5, 5.41) is 16.4. The molecule has 0 bridgehead atoms. The zero-order valence-electron chi connectivity index (χ0n) is 13.4. The van der Waals surface area contributed by atoms with Gasteiger partial charge in [0, 0.05) is 37.1 Å². The van der Waals surface area contributed by atoms with E-state index in [1.165, 1.54) is 6.42 Å². The number of aliphatic hydroxyl groups is 1. The van der Waals surface area contributed by atoms with Crippen LogP contribution in [-0.4, -0.2) is 34.3 Å². The van der Waals surface area contributed by atoms with Gasteiger partial charge in [-0.05, 0) is 33.1 Å². The molecule has 1 aliphatic carbocycles. The maximum Gasteiger partial charge on any atom is 0.135 e. The summed E-state index contributed by atoms with van der Waals surface area (Å²) in [5.74, 6) is 3.09. The van der Waals surface area contributed by atoms with E-state index in [0.29, 0.717) is 12.0 Å². The lowest BCUT2D eigenvalue weighted by Gasteiger charge is -2.22. The molecule has 2 atom stereocenters. The van der Waals surface area contributed by atoms with Crippen LogP contribution < -0.4 is 10.6 Å². The summed E-state index contributed by atoms with van der Waals surface area (Å²) in [7, 11) is 0. The number of nitrogens with one attached hydrogen (secondary N) is 2. The maximum absolute atomic E-state index is 9.48. The quantitative estimate of drug-likeness (QED) is 0.721. The van der Waals surface area contributed by atoms with Crippen LogP contribution in [0.15, 0.2) is 0 Å². The standard InChI is InChI=1S/C16H28N4O/c1-4-7-14-19-15(17-5-2)11(3)16(20-14)18-13-9-6-8-12(13)10-21/h12-13,21H,4-10H2,1-3H3,(H2,17,18,19,20). The Kier molecular flexibility index (Phi) is 5.79. The van der Waals surface area contributed by atoms with Gasteiger partial charge in [0.2, 0.25) is 0 Å². The van der Waals surface area contributed by atoms with Crippen molar-refractivity contribution in [1.29, 1.82) is 0 Å². The van der Waals surface area contributed by atoms with Gasteiger partial charge in [-0.3, -0.25) is 0 Å². The Hall–Kier alpha value is -1.36. The van der Waals surface area contributed by atoms with Crippen LogP contribution >= 0.6 is 0 Å². The molecule has 0 aliphatic heterocycles. The lowest BCUT2D eigenvalue weighted by Crippen LogP contribution is -2.27. The van der Waals surface area contributed by atoms with Crippen LogP contribution in [0.1, 0.15) is 50.9 Å². The number of hydrogen-bond acceptors (Lipinski definition) is 5. The minimum atomic E-state index is 0.254. The largest absolute Gasteiger partial charge is 0.396 e. The zero-order chi connectivity index (χ0) is 15.2. The molecule has 1 aliphatic rings. The number of aromatic nitrogens is 2. The average Bonchev–Trinajstić information content (AvgIpc) is 2.91. The number of aryl methyl sites for hydroxylation is 1. The first-order chi connectivity index (χ1) is 10.2. The predicted octanol–water partition coefficient (Wildman–Crippen LogP) is 2.74. The van der Waals surface area contributed by atoms with Gasteiger partial charge in [0.25, 0.3) is 0 Å². The van der Waals surface area contributed by atoms with Crippen molar-refractivity contribution in [3.05, 3.63) is 11.4 Å². The summed E-state index contributed by atoms with van der Waals surface area (Å²) in [5.41, 5.74) is 1.07. The van der Waals surface area contributed by atoms with Gasteiger partial charge < -0.3 is 15.7 Å². The van der Waals surface area contributed by atoms with Crippen molar-refractivity contribution in [1.82, 2.24) is 9.97 Å². The van der Waals surface area contributed by atoms with Gasteiger partial charge in [-0.25, -0.2) is 9.97 Å². The highest BCUT2D eigenvalue weighted by molar-refractivity contribution is 5.57. The van der Waals surface area contributed by atoms with E-state index in [9.17, 15) is 5.11 Å². The highest BCUT2D eigenvalue weighted by Gasteiger charge is 2.27. The van der Waals surface area contributed by atoms with Gasteiger partial charge >= 0.3 is 0 Å². The summed E-state index contributed by atoms with van der Waals surface area (Å²) >= 11 is 0. The number of aliphatic hydroxyl groups excluding tert-OH is 1. The van der Waals surface area contributed by atoms with Crippen molar-refractivity contribution < 1.29 is 5.11 Å². The fourth-order valence-corrected chi connectivity index (χ4v) is 3.00. The molecule has 2 unspecified atom stereocenters. The Morgan fingerprint density at radius 1 is 1.19 bits per heavy atom. The van der Waals surface area contributed by atoms with Gasteiger partial charge in [0.05, 0.1) is 0 Å². The van der Waals surface area contributed by atoms with E-state index in [-0.39, 0.29) is 6.61 Å². The highest BCUT2D eigenvalue weighted by atomic mass is 16.3. The number of nitrogens with zero attached hydrogens (tertiary/aromatic N) is 2. The van der Waals surface area contributed by atoms with Gasteiger partial charge in [-0.15, -0.1) is 0 Å². The van der Waals surface area contributed by atoms with Crippen molar-refractivity contribution in [2.75, 3.05) is 23.8 Å². The molecule has 1 saturated carbocycles. The number of hydrogen-bond donors (Lipinski definition) is 3. The molecule has 0 saturated heterocycles. The molecule has 5 nitrogen and oxygen atoms in total. The fourth-order valence-electron chi connectivity index (χ4n) is 3.00. The first kappa shape index (κ1) is 16.0. The van der Waals surface area contributed by atoms with E-state index in [4.69, 9.17) is 4.98 Å². The fraction of sp³-hybridized carbons (Fsp3) is 0.750. The summed E-state index contributed by atoms with van der Waals surface area (Å²) in [6.07, 6.45) is 5.31. The molecule has 1 aromatic rings. The third-order valence-electron chi connectivity index (χ3n) is 4.23. The van der Waals surface area contributed by atoms with Crippen LogP contribution in [0.25, 0.3) is 0 Å². The molecule has 1 fully saturated rings. The third kappa shape index (κ3) is 3.84. The molecule has 3 N–H and O–H groups in total. The van der Waals surface area contributed by atoms with Crippen LogP contribution in [0.2, 0.25) is 0 Å². The highest BCUT2D eigenvalue weighted by Crippen LogP contribution is 2.30. The SMILES string of the molecule is CCCc1nc(NCC)c(C)c(NC2CCCC2CO)n1. The van der Waals surface area contributed by atoms with E-state index in [0.717, 1.165) is 55.3 Å². The van der Waals surface area contributed by atoms with Crippen LogP contribution in [0.4, 0.5) is 11.6 Å². The Bertz CT molecular complexity index is 464. The van der Waals surface area contributed by atoms with E-state index in [1.54, 1.807) is 0 Å². The van der Waals surface area contributed by atoms with Crippen LogP contribution in [0, 0.1) is 12.8 Å². The normalized spacial score (nSPS) is 21.5. The molecule has 1 heterocycles. The molecule has 5 heteroatoms. The smallest absolute Gasteiger partial charge is 0.135 e. The molecule has 1 aromatic heterocycles. The molecule has 21 heavy (non-hydrogen) atoms. The molecular formula is C16H28N4O. The molecule has 2 rings (SSSR count). The van der Waals surface area contributed by atoms with Crippen LogP contribution in [0.3, 0.4) is 0 Å². The second-order valence-corrected chi connectivity index (χ2v) is 5.87. The van der Waals surface area contributed by atoms with Gasteiger partial charge in [0.15, 0.2) is 0 Å². The van der Waals surface area contributed by atoms with Gasteiger partial charge in [-0.2, -0.15) is 0 Å². The molecule has 0 amide bonds. The average molecular weight is 292 g/mol. The van der Waals surface area contributed by atoms with Crippen molar-refractivity contribution >= 4 is 11.6 Å². The van der Waals surface area contributed by atoms with Gasteiger partial charge in [0.1, 0.15) is 17.5 Å². The first-order valence-corrected chi connectivity index (χ1v) is 8.18. The first-order valence-electron chi connectivity index (χ1n) is 8.18. The third-order valence-corrected chi connectivity index (χ3v) is 4.23. The topological polar surface area (TPSA) is 70.1 Å². The summed E-state index contributed by atoms with van der Waals surface area (Å²) in [6.45, 7) is 7.38. The summed E-state index contributed by atoms with van der Waals surface area (Å²) in [4.78, 5) is 9.31. The zero-order valence-corrected chi connectivity index (χ0v) is 13.4. The lowest BCUT2D eigenvalue weighted by atomic mass is 10.0. The minimum absolute atomic E-state index is 0.254. The second-order valence-electron chi connectivity index (χ2n) is 5.87. The Morgan fingerprint density at radius 2 is 1.95 bits per heavy atom. The van der Waals surface area contributed by atoms with Crippen molar-refractivity contribution in [3.63, 3.8) is 0 Å². The van der Waals surface area contributed by atoms with Crippen molar-refractivity contribution in [2.45, 2.75) is 58.9 Å². The number of rotatable bonds is 7. The van der Waals surface area contributed by atoms with E-state index >= 15 is 0 Å².